The molecule has 98 valence electrons. The Balaban J connectivity index is 2.18. The summed E-state index contributed by atoms with van der Waals surface area (Å²) in [6.45, 7) is 1.40. The van der Waals surface area contributed by atoms with Gasteiger partial charge in [-0.1, -0.05) is 0 Å². The van der Waals surface area contributed by atoms with Gasteiger partial charge in [0, 0.05) is 23.4 Å². The Kier molecular flexibility index (Phi) is 4.64. The van der Waals surface area contributed by atoms with E-state index in [2.05, 4.69) is 15.9 Å². The third kappa shape index (κ3) is 3.05. The lowest BCUT2D eigenvalue weighted by Gasteiger charge is -2.21. The van der Waals surface area contributed by atoms with Crippen molar-refractivity contribution in [2.75, 3.05) is 13.2 Å². The van der Waals surface area contributed by atoms with Gasteiger partial charge in [-0.3, -0.25) is 0 Å². The van der Waals surface area contributed by atoms with Crippen LogP contribution >= 0.6 is 27.7 Å². The highest BCUT2D eigenvalue weighted by atomic mass is 79.9. The molecule has 0 amide bonds. The summed E-state index contributed by atoms with van der Waals surface area (Å²) in [5, 5.41) is 9.21. The summed E-state index contributed by atoms with van der Waals surface area (Å²) in [5.41, 5.74) is -0.0520. The molecule has 1 fully saturated rings. The molecule has 0 bridgehead atoms. The van der Waals surface area contributed by atoms with Crippen LogP contribution in [-0.4, -0.2) is 29.5 Å². The van der Waals surface area contributed by atoms with E-state index in [1.54, 1.807) is 0 Å². The molecule has 18 heavy (non-hydrogen) atoms. The number of carbonyl (C=O) groups is 1. The third-order valence-corrected chi connectivity index (χ3v) is 4.89. The highest BCUT2D eigenvalue weighted by Crippen LogP contribution is 2.35. The number of halogens is 2. The minimum atomic E-state index is -1.14. The number of hydrogen-bond acceptors (Lipinski definition) is 3. The molecule has 6 heteroatoms. The Labute approximate surface area is 117 Å². The first-order valence-corrected chi connectivity index (χ1v) is 7.22. The molecule has 1 aromatic carbocycles. The van der Waals surface area contributed by atoms with Crippen LogP contribution in [0.25, 0.3) is 0 Å². The van der Waals surface area contributed by atoms with Crippen molar-refractivity contribution in [1.29, 1.82) is 0 Å². The van der Waals surface area contributed by atoms with E-state index in [4.69, 9.17) is 9.84 Å². The summed E-state index contributed by atoms with van der Waals surface area (Å²) >= 11 is 4.45. The second kappa shape index (κ2) is 6.04. The summed E-state index contributed by atoms with van der Waals surface area (Å²) in [6.07, 6.45) is 1.78. The lowest BCUT2D eigenvalue weighted by molar-refractivity contribution is 0.0695. The average molecular weight is 335 g/mol. The van der Waals surface area contributed by atoms with Gasteiger partial charge in [0.15, 0.2) is 5.82 Å². The summed E-state index contributed by atoms with van der Waals surface area (Å²) in [5.74, 6) is -1.63. The molecule has 1 N–H and O–H groups in total. The fourth-order valence-corrected chi connectivity index (χ4v) is 3.55. The van der Waals surface area contributed by atoms with Crippen molar-refractivity contribution in [3.8, 4) is 0 Å². The molecule has 0 saturated carbocycles. The highest BCUT2D eigenvalue weighted by molar-refractivity contribution is 9.10. The largest absolute Gasteiger partial charge is 0.478 e. The second-order valence-corrected chi connectivity index (χ2v) is 6.11. The van der Waals surface area contributed by atoms with Crippen molar-refractivity contribution in [2.45, 2.75) is 23.0 Å². The fraction of sp³-hybridized carbons (Fsp3) is 0.417. The summed E-state index contributed by atoms with van der Waals surface area (Å²) in [4.78, 5) is 11.3. The van der Waals surface area contributed by atoms with Crippen LogP contribution in [0.2, 0.25) is 0 Å². The molecule has 0 atom stereocenters. The van der Waals surface area contributed by atoms with Gasteiger partial charge in [0.1, 0.15) is 0 Å². The molecular formula is C12H12BrFO3S. The molecule has 1 heterocycles. The van der Waals surface area contributed by atoms with Crippen LogP contribution in [0.1, 0.15) is 23.2 Å². The maximum atomic E-state index is 14.0. The van der Waals surface area contributed by atoms with Crippen LogP contribution in [0.15, 0.2) is 21.5 Å². The fourth-order valence-electron chi connectivity index (χ4n) is 1.76. The van der Waals surface area contributed by atoms with Crippen molar-refractivity contribution < 1.29 is 19.0 Å². The molecule has 1 aliphatic rings. The van der Waals surface area contributed by atoms with E-state index in [0.717, 1.165) is 12.8 Å². The molecule has 3 nitrogen and oxygen atoms in total. The third-order valence-electron chi connectivity index (χ3n) is 2.74. The number of aromatic carboxylic acids is 1. The smallest absolute Gasteiger partial charge is 0.336 e. The van der Waals surface area contributed by atoms with Gasteiger partial charge in [0.25, 0.3) is 0 Å². The number of rotatable bonds is 3. The summed E-state index contributed by atoms with van der Waals surface area (Å²) in [7, 11) is 0. The number of ether oxygens (including phenoxy) is 1. The molecule has 1 aliphatic heterocycles. The van der Waals surface area contributed by atoms with Crippen LogP contribution in [0, 0.1) is 5.82 Å². The standard InChI is InChI=1S/C12H12BrFO3S/c13-10-8(12(15)16)1-2-9(11(10)14)18-7-3-5-17-6-4-7/h1-2,7H,3-6H2,(H,15,16). The number of hydrogen-bond donors (Lipinski definition) is 1. The lowest BCUT2D eigenvalue weighted by Crippen LogP contribution is -2.17. The van der Waals surface area contributed by atoms with Crippen molar-refractivity contribution >= 4 is 33.7 Å². The van der Waals surface area contributed by atoms with Crippen LogP contribution in [0.3, 0.4) is 0 Å². The van der Waals surface area contributed by atoms with Gasteiger partial charge in [0.05, 0.1) is 10.0 Å². The van der Waals surface area contributed by atoms with Gasteiger partial charge in [-0.25, -0.2) is 9.18 Å². The SMILES string of the molecule is O=C(O)c1ccc(SC2CCOCC2)c(F)c1Br. The topological polar surface area (TPSA) is 46.5 Å². The zero-order valence-electron chi connectivity index (χ0n) is 9.49. The van der Waals surface area contributed by atoms with Crippen molar-refractivity contribution in [3.63, 3.8) is 0 Å². The van der Waals surface area contributed by atoms with E-state index in [9.17, 15) is 9.18 Å². The maximum Gasteiger partial charge on any atom is 0.336 e. The molecule has 1 saturated heterocycles. The molecular weight excluding hydrogens is 323 g/mol. The van der Waals surface area contributed by atoms with Crippen molar-refractivity contribution in [1.82, 2.24) is 0 Å². The summed E-state index contributed by atoms with van der Waals surface area (Å²) in [6, 6.07) is 2.96. The molecule has 1 aromatic rings. The van der Waals surface area contributed by atoms with Crippen LogP contribution in [-0.2, 0) is 4.74 Å². The predicted molar refractivity (Wildman–Crippen MR) is 70.8 cm³/mol. The molecule has 0 spiro atoms. The zero-order valence-corrected chi connectivity index (χ0v) is 11.9. The number of carboxylic acids is 1. The Bertz CT molecular complexity index is 461. The molecule has 0 aromatic heterocycles. The number of carboxylic acid groups (broad SMARTS) is 1. The lowest BCUT2D eigenvalue weighted by atomic mass is 10.2. The Morgan fingerprint density at radius 2 is 2.11 bits per heavy atom. The maximum absolute atomic E-state index is 14.0. The highest BCUT2D eigenvalue weighted by Gasteiger charge is 2.20. The van der Waals surface area contributed by atoms with Gasteiger partial charge in [-0.05, 0) is 40.9 Å². The molecule has 2 rings (SSSR count). The summed E-state index contributed by atoms with van der Waals surface area (Å²) < 4.78 is 19.3. The minimum absolute atomic E-state index is 0.0204. The van der Waals surface area contributed by atoms with E-state index in [1.165, 1.54) is 23.9 Å². The average Bonchev–Trinajstić information content (AvgIpc) is 2.36. The first kappa shape index (κ1) is 13.8. The Hall–Kier alpha value is -0.590. The van der Waals surface area contributed by atoms with Crippen LogP contribution < -0.4 is 0 Å². The number of benzene rings is 1. The first-order valence-electron chi connectivity index (χ1n) is 5.55. The van der Waals surface area contributed by atoms with E-state index in [-0.39, 0.29) is 10.0 Å². The monoisotopic (exact) mass is 334 g/mol. The molecule has 0 aliphatic carbocycles. The molecule has 0 unspecified atom stereocenters. The van der Waals surface area contributed by atoms with E-state index in [0.29, 0.717) is 23.4 Å². The zero-order chi connectivity index (χ0) is 13.1. The number of thioether (sulfide) groups is 1. The van der Waals surface area contributed by atoms with Crippen LogP contribution in [0.5, 0.6) is 0 Å². The Morgan fingerprint density at radius 3 is 2.72 bits per heavy atom. The quantitative estimate of drug-likeness (QED) is 0.918. The van der Waals surface area contributed by atoms with Crippen LogP contribution in [0.4, 0.5) is 4.39 Å². The first-order chi connectivity index (χ1) is 8.59. The van der Waals surface area contributed by atoms with Gasteiger partial charge < -0.3 is 9.84 Å². The second-order valence-electron chi connectivity index (χ2n) is 3.97. The van der Waals surface area contributed by atoms with Gasteiger partial charge >= 0.3 is 5.97 Å². The Morgan fingerprint density at radius 1 is 1.44 bits per heavy atom. The van der Waals surface area contributed by atoms with E-state index in [1.807, 2.05) is 0 Å². The van der Waals surface area contributed by atoms with Crippen molar-refractivity contribution in [2.24, 2.45) is 0 Å². The van der Waals surface area contributed by atoms with Gasteiger partial charge in [-0.15, -0.1) is 11.8 Å². The minimum Gasteiger partial charge on any atom is -0.478 e. The van der Waals surface area contributed by atoms with Crippen molar-refractivity contribution in [3.05, 3.63) is 28.0 Å². The predicted octanol–water partition coefficient (Wildman–Crippen LogP) is 3.56. The van der Waals surface area contributed by atoms with E-state index < -0.39 is 11.8 Å². The van der Waals surface area contributed by atoms with Gasteiger partial charge in [0.2, 0.25) is 0 Å². The molecule has 0 radical (unpaired) electrons. The van der Waals surface area contributed by atoms with Gasteiger partial charge in [-0.2, -0.15) is 0 Å². The normalized spacial score (nSPS) is 16.8. The van der Waals surface area contributed by atoms with E-state index >= 15 is 0 Å².